The molecule has 2 aromatic rings. The largest absolute Gasteiger partial charge is 0.462 e. The average molecular weight is 308 g/mol. The standard InChI is InChI=1S/C16H15ClFNO2/c1-2-21-16(20)11-5-3-7-13(9-11)19-10-12-6-4-8-14(17)15(12)18/h3-9,19H,2,10H2,1H3. The van der Waals surface area contributed by atoms with Crippen LogP contribution in [0.1, 0.15) is 22.8 Å². The molecule has 0 atom stereocenters. The summed E-state index contributed by atoms with van der Waals surface area (Å²) in [5, 5.41) is 3.15. The minimum Gasteiger partial charge on any atom is -0.462 e. The normalized spacial score (nSPS) is 10.2. The summed E-state index contributed by atoms with van der Waals surface area (Å²) in [6, 6.07) is 11.7. The maximum Gasteiger partial charge on any atom is 0.338 e. The molecule has 0 spiro atoms. The number of benzene rings is 2. The first kappa shape index (κ1) is 15.3. The second kappa shape index (κ2) is 7.09. The van der Waals surface area contributed by atoms with Gasteiger partial charge in [0.1, 0.15) is 5.82 Å². The quantitative estimate of drug-likeness (QED) is 0.838. The van der Waals surface area contributed by atoms with Crippen LogP contribution in [0.3, 0.4) is 0 Å². The second-order valence-electron chi connectivity index (χ2n) is 4.37. The highest BCUT2D eigenvalue weighted by molar-refractivity contribution is 6.30. The summed E-state index contributed by atoms with van der Waals surface area (Å²) < 4.78 is 18.7. The summed E-state index contributed by atoms with van der Waals surface area (Å²) in [5.41, 5.74) is 1.62. The molecule has 0 aromatic heterocycles. The Hall–Kier alpha value is -2.07. The first-order chi connectivity index (χ1) is 10.1. The van der Waals surface area contributed by atoms with Gasteiger partial charge in [-0.05, 0) is 31.2 Å². The van der Waals surface area contributed by atoms with Crippen molar-refractivity contribution in [2.75, 3.05) is 11.9 Å². The monoisotopic (exact) mass is 307 g/mol. The van der Waals surface area contributed by atoms with Crippen LogP contribution in [0, 0.1) is 5.82 Å². The Morgan fingerprint density at radius 1 is 1.29 bits per heavy atom. The van der Waals surface area contributed by atoms with E-state index in [1.54, 1.807) is 43.3 Å². The smallest absolute Gasteiger partial charge is 0.338 e. The van der Waals surface area contributed by atoms with Gasteiger partial charge in [-0.3, -0.25) is 0 Å². The summed E-state index contributed by atoms with van der Waals surface area (Å²) in [4.78, 5) is 11.6. The number of halogens is 2. The molecule has 1 N–H and O–H groups in total. The molecule has 0 heterocycles. The van der Waals surface area contributed by atoms with Gasteiger partial charge in [0.05, 0.1) is 17.2 Å². The van der Waals surface area contributed by atoms with Crippen molar-refractivity contribution in [1.29, 1.82) is 0 Å². The first-order valence-electron chi connectivity index (χ1n) is 6.55. The van der Waals surface area contributed by atoms with E-state index in [4.69, 9.17) is 16.3 Å². The van der Waals surface area contributed by atoms with E-state index in [1.807, 2.05) is 0 Å². The van der Waals surface area contributed by atoms with Gasteiger partial charge in [-0.2, -0.15) is 0 Å². The van der Waals surface area contributed by atoms with Crippen molar-refractivity contribution < 1.29 is 13.9 Å². The summed E-state index contributed by atoms with van der Waals surface area (Å²) in [6.45, 7) is 2.35. The van der Waals surface area contributed by atoms with E-state index in [0.29, 0.717) is 23.4 Å². The number of esters is 1. The molecule has 2 rings (SSSR count). The third-order valence-corrected chi connectivity index (χ3v) is 3.18. The van der Waals surface area contributed by atoms with Crippen LogP contribution in [0.25, 0.3) is 0 Å². The second-order valence-corrected chi connectivity index (χ2v) is 4.77. The SMILES string of the molecule is CCOC(=O)c1cccc(NCc2cccc(Cl)c2F)c1. The molecular weight excluding hydrogens is 293 g/mol. The van der Waals surface area contributed by atoms with Crippen LogP contribution in [0.15, 0.2) is 42.5 Å². The highest BCUT2D eigenvalue weighted by Gasteiger charge is 2.08. The molecule has 21 heavy (non-hydrogen) atoms. The van der Waals surface area contributed by atoms with Crippen LogP contribution in [0.4, 0.5) is 10.1 Å². The number of carbonyl (C=O) groups is 1. The third kappa shape index (κ3) is 3.95. The van der Waals surface area contributed by atoms with Crippen molar-refractivity contribution in [3.8, 4) is 0 Å². The van der Waals surface area contributed by atoms with Gasteiger partial charge in [0.15, 0.2) is 0 Å². The number of anilines is 1. The molecule has 0 unspecified atom stereocenters. The van der Waals surface area contributed by atoms with Crippen LogP contribution in [0.2, 0.25) is 5.02 Å². The average Bonchev–Trinajstić information content (AvgIpc) is 2.49. The summed E-state index contributed by atoms with van der Waals surface area (Å²) in [7, 11) is 0. The number of nitrogens with one attached hydrogen (secondary N) is 1. The molecule has 0 aliphatic rings. The van der Waals surface area contributed by atoms with E-state index in [9.17, 15) is 9.18 Å². The van der Waals surface area contributed by atoms with E-state index in [2.05, 4.69) is 5.32 Å². The lowest BCUT2D eigenvalue weighted by Crippen LogP contribution is -2.06. The van der Waals surface area contributed by atoms with Crippen molar-refractivity contribution >= 4 is 23.3 Å². The molecule has 0 amide bonds. The zero-order chi connectivity index (χ0) is 15.2. The Morgan fingerprint density at radius 2 is 2.05 bits per heavy atom. The van der Waals surface area contributed by atoms with Crippen molar-refractivity contribution in [1.82, 2.24) is 0 Å². The Labute approximate surface area is 127 Å². The highest BCUT2D eigenvalue weighted by atomic mass is 35.5. The molecule has 0 fully saturated rings. The maximum atomic E-state index is 13.8. The molecule has 110 valence electrons. The van der Waals surface area contributed by atoms with Crippen LogP contribution in [-0.2, 0) is 11.3 Å². The zero-order valence-electron chi connectivity index (χ0n) is 11.5. The van der Waals surface area contributed by atoms with E-state index in [-0.39, 0.29) is 17.5 Å². The fraction of sp³-hybridized carbons (Fsp3) is 0.188. The van der Waals surface area contributed by atoms with Crippen LogP contribution >= 0.6 is 11.6 Å². The number of hydrogen-bond donors (Lipinski definition) is 1. The van der Waals surface area contributed by atoms with Gasteiger partial charge in [0.25, 0.3) is 0 Å². The van der Waals surface area contributed by atoms with Gasteiger partial charge < -0.3 is 10.1 Å². The van der Waals surface area contributed by atoms with Crippen molar-refractivity contribution in [3.63, 3.8) is 0 Å². The number of rotatable bonds is 5. The van der Waals surface area contributed by atoms with E-state index < -0.39 is 5.82 Å². The topological polar surface area (TPSA) is 38.3 Å². The van der Waals surface area contributed by atoms with Crippen LogP contribution in [-0.4, -0.2) is 12.6 Å². The molecule has 5 heteroatoms. The van der Waals surface area contributed by atoms with Gasteiger partial charge in [-0.25, -0.2) is 9.18 Å². The van der Waals surface area contributed by atoms with Gasteiger partial charge in [-0.15, -0.1) is 0 Å². The Morgan fingerprint density at radius 3 is 2.81 bits per heavy atom. The molecule has 0 saturated carbocycles. The Bertz CT molecular complexity index is 646. The number of ether oxygens (including phenoxy) is 1. The summed E-state index contributed by atoms with van der Waals surface area (Å²) in [5.74, 6) is -0.816. The van der Waals surface area contributed by atoms with Crippen LogP contribution in [0.5, 0.6) is 0 Å². The zero-order valence-corrected chi connectivity index (χ0v) is 12.3. The number of carbonyl (C=O) groups excluding carboxylic acids is 1. The molecule has 0 aliphatic carbocycles. The molecule has 3 nitrogen and oxygen atoms in total. The van der Waals surface area contributed by atoms with Gasteiger partial charge in [0.2, 0.25) is 0 Å². The lowest BCUT2D eigenvalue weighted by molar-refractivity contribution is 0.0526. The van der Waals surface area contributed by atoms with Gasteiger partial charge in [-0.1, -0.05) is 29.8 Å². The fourth-order valence-electron chi connectivity index (χ4n) is 1.85. The molecule has 2 aromatic carbocycles. The maximum absolute atomic E-state index is 13.8. The van der Waals surface area contributed by atoms with Gasteiger partial charge in [0, 0.05) is 17.8 Å². The minimum atomic E-state index is -0.437. The molecule has 0 bridgehead atoms. The minimum absolute atomic E-state index is 0.0922. The van der Waals surface area contributed by atoms with Crippen LogP contribution < -0.4 is 5.32 Å². The van der Waals surface area contributed by atoms with Crippen molar-refractivity contribution in [3.05, 3.63) is 64.4 Å². The third-order valence-electron chi connectivity index (χ3n) is 2.89. The molecule has 0 radical (unpaired) electrons. The molecular formula is C16H15ClFNO2. The molecule has 0 saturated heterocycles. The highest BCUT2D eigenvalue weighted by Crippen LogP contribution is 2.19. The fourth-order valence-corrected chi connectivity index (χ4v) is 2.05. The molecule has 0 aliphatic heterocycles. The predicted octanol–water partition coefficient (Wildman–Crippen LogP) is 4.27. The van der Waals surface area contributed by atoms with E-state index in [0.717, 1.165) is 0 Å². The Kier molecular flexibility index (Phi) is 5.17. The van der Waals surface area contributed by atoms with Crippen molar-refractivity contribution in [2.24, 2.45) is 0 Å². The predicted molar refractivity (Wildman–Crippen MR) is 81.1 cm³/mol. The summed E-state index contributed by atoms with van der Waals surface area (Å²) in [6.07, 6.45) is 0. The van der Waals surface area contributed by atoms with E-state index >= 15 is 0 Å². The van der Waals surface area contributed by atoms with Gasteiger partial charge >= 0.3 is 5.97 Å². The Balaban J connectivity index is 2.08. The van der Waals surface area contributed by atoms with Crippen molar-refractivity contribution in [2.45, 2.75) is 13.5 Å². The summed E-state index contributed by atoms with van der Waals surface area (Å²) >= 11 is 5.73. The lowest BCUT2D eigenvalue weighted by atomic mass is 10.1. The van der Waals surface area contributed by atoms with E-state index in [1.165, 1.54) is 6.07 Å². The number of hydrogen-bond acceptors (Lipinski definition) is 3. The first-order valence-corrected chi connectivity index (χ1v) is 6.93. The lowest BCUT2D eigenvalue weighted by Gasteiger charge is -2.09.